The van der Waals surface area contributed by atoms with Crippen molar-refractivity contribution in [3.63, 3.8) is 0 Å². The van der Waals surface area contributed by atoms with Crippen LogP contribution in [0.3, 0.4) is 0 Å². The smallest absolute Gasteiger partial charge is 0.277 e. The molecule has 0 unspecified atom stereocenters. The first-order chi connectivity index (χ1) is 13.5. The van der Waals surface area contributed by atoms with E-state index in [9.17, 15) is 4.79 Å². The molecule has 0 saturated heterocycles. The Morgan fingerprint density at radius 1 is 1.14 bits per heavy atom. The zero-order valence-corrected chi connectivity index (χ0v) is 17.2. The van der Waals surface area contributed by atoms with Gasteiger partial charge in [-0.15, -0.1) is 0 Å². The van der Waals surface area contributed by atoms with E-state index < -0.39 is 0 Å². The van der Waals surface area contributed by atoms with Gasteiger partial charge in [0.1, 0.15) is 0 Å². The number of hydrogen-bond donors (Lipinski definition) is 3. The van der Waals surface area contributed by atoms with Gasteiger partial charge >= 0.3 is 0 Å². The molecule has 0 saturated carbocycles. The summed E-state index contributed by atoms with van der Waals surface area (Å²) in [6.07, 6.45) is 2.11. The predicted octanol–water partition coefficient (Wildman–Crippen LogP) is 2.45. The third-order valence-corrected chi connectivity index (χ3v) is 5.30. The van der Waals surface area contributed by atoms with Gasteiger partial charge in [0.15, 0.2) is 6.04 Å². The summed E-state index contributed by atoms with van der Waals surface area (Å²) in [5.41, 5.74) is 4.85. The average molecular weight is 380 g/mol. The van der Waals surface area contributed by atoms with Crippen LogP contribution in [-0.2, 0) is 4.79 Å². The SMILES string of the molecule is CCNC(=O)[C@@H](C)[NH2+]C[C@H](c1ccc(N(C)C)cc1)c1c[nH]c2ccccc12. The van der Waals surface area contributed by atoms with E-state index in [2.05, 4.69) is 69.2 Å². The molecule has 2 aromatic carbocycles. The Morgan fingerprint density at radius 3 is 2.54 bits per heavy atom. The van der Waals surface area contributed by atoms with E-state index in [1.807, 2.05) is 34.0 Å². The lowest BCUT2D eigenvalue weighted by Crippen LogP contribution is -2.92. The number of aromatic amines is 1. The molecular weight excluding hydrogens is 348 g/mol. The molecule has 0 aliphatic carbocycles. The lowest BCUT2D eigenvalue weighted by atomic mass is 9.90. The van der Waals surface area contributed by atoms with Gasteiger partial charge < -0.3 is 20.5 Å². The fourth-order valence-corrected chi connectivity index (χ4v) is 3.61. The van der Waals surface area contributed by atoms with E-state index in [-0.39, 0.29) is 17.9 Å². The van der Waals surface area contributed by atoms with Crippen molar-refractivity contribution in [3.05, 3.63) is 65.9 Å². The van der Waals surface area contributed by atoms with Crippen LogP contribution in [-0.4, -0.2) is 44.1 Å². The number of amides is 1. The fourth-order valence-electron chi connectivity index (χ4n) is 3.61. The van der Waals surface area contributed by atoms with E-state index >= 15 is 0 Å². The van der Waals surface area contributed by atoms with Crippen molar-refractivity contribution < 1.29 is 10.1 Å². The van der Waals surface area contributed by atoms with E-state index in [1.54, 1.807) is 0 Å². The molecule has 5 heteroatoms. The second-order valence-corrected chi connectivity index (χ2v) is 7.48. The van der Waals surface area contributed by atoms with Crippen molar-refractivity contribution >= 4 is 22.5 Å². The van der Waals surface area contributed by atoms with Gasteiger partial charge in [-0.05, 0) is 43.2 Å². The second kappa shape index (κ2) is 8.93. The molecule has 5 nitrogen and oxygen atoms in total. The van der Waals surface area contributed by atoms with Gasteiger partial charge in [0.25, 0.3) is 5.91 Å². The summed E-state index contributed by atoms with van der Waals surface area (Å²) in [6.45, 7) is 5.38. The molecule has 0 bridgehead atoms. The molecule has 0 aliphatic heterocycles. The maximum atomic E-state index is 12.2. The number of nitrogens with two attached hydrogens (primary N) is 1. The Bertz CT molecular complexity index is 914. The molecule has 3 rings (SSSR count). The normalized spacial score (nSPS) is 13.3. The molecule has 28 heavy (non-hydrogen) atoms. The summed E-state index contributed by atoms with van der Waals surface area (Å²) in [6, 6.07) is 17.0. The van der Waals surface area contributed by atoms with Crippen molar-refractivity contribution in [1.82, 2.24) is 10.3 Å². The Balaban J connectivity index is 1.91. The zero-order valence-electron chi connectivity index (χ0n) is 17.2. The minimum atomic E-state index is -0.117. The average Bonchev–Trinajstić information content (AvgIpc) is 3.12. The van der Waals surface area contributed by atoms with Crippen LogP contribution in [0.1, 0.15) is 30.9 Å². The molecule has 0 fully saturated rings. The van der Waals surface area contributed by atoms with Crippen LogP contribution in [0.5, 0.6) is 0 Å². The van der Waals surface area contributed by atoms with E-state index in [0.717, 1.165) is 12.1 Å². The first-order valence-electron chi connectivity index (χ1n) is 9.95. The number of H-pyrrole nitrogens is 1. The summed E-state index contributed by atoms with van der Waals surface area (Å²) in [4.78, 5) is 17.7. The predicted molar refractivity (Wildman–Crippen MR) is 116 cm³/mol. The van der Waals surface area contributed by atoms with Crippen molar-refractivity contribution in [1.29, 1.82) is 0 Å². The standard InChI is InChI=1S/C23H30N4O/c1-5-24-23(28)16(2)25-14-20(17-10-12-18(13-11-17)27(3)4)21-15-26-22-9-7-6-8-19(21)22/h6-13,15-16,20,25-26H,5,14H2,1-4H3,(H,24,28)/p+1/t16-,20-/m1/s1. The van der Waals surface area contributed by atoms with Gasteiger partial charge in [-0.3, -0.25) is 4.79 Å². The van der Waals surface area contributed by atoms with Crippen LogP contribution >= 0.6 is 0 Å². The van der Waals surface area contributed by atoms with Gasteiger partial charge in [-0.25, -0.2) is 0 Å². The Labute approximate surface area is 167 Å². The number of quaternary nitrogens is 1. The number of anilines is 1. The van der Waals surface area contributed by atoms with Gasteiger partial charge in [0.2, 0.25) is 0 Å². The van der Waals surface area contributed by atoms with Crippen molar-refractivity contribution in [2.75, 3.05) is 32.1 Å². The number of nitrogens with zero attached hydrogens (tertiary/aromatic N) is 1. The van der Waals surface area contributed by atoms with Crippen LogP contribution in [0.15, 0.2) is 54.7 Å². The van der Waals surface area contributed by atoms with Crippen LogP contribution in [0.2, 0.25) is 0 Å². The first kappa shape index (κ1) is 20.0. The topological polar surface area (TPSA) is 64.7 Å². The molecule has 4 N–H and O–H groups in total. The Morgan fingerprint density at radius 2 is 1.86 bits per heavy atom. The molecule has 148 valence electrons. The lowest BCUT2D eigenvalue weighted by molar-refractivity contribution is -0.674. The number of rotatable bonds is 8. The van der Waals surface area contributed by atoms with E-state index in [0.29, 0.717) is 6.54 Å². The van der Waals surface area contributed by atoms with Crippen molar-refractivity contribution in [2.24, 2.45) is 0 Å². The monoisotopic (exact) mass is 379 g/mol. The molecule has 1 amide bonds. The summed E-state index contributed by atoms with van der Waals surface area (Å²) in [5.74, 6) is 0.285. The van der Waals surface area contributed by atoms with Crippen LogP contribution in [0.4, 0.5) is 5.69 Å². The highest BCUT2D eigenvalue weighted by Crippen LogP contribution is 2.30. The molecule has 1 aromatic heterocycles. The fraction of sp³-hybridized carbons (Fsp3) is 0.348. The van der Waals surface area contributed by atoms with Crippen molar-refractivity contribution in [3.8, 4) is 0 Å². The minimum Gasteiger partial charge on any atom is -0.378 e. The quantitative estimate of drug-likeness (QED) is 0.563. The number of likely N-dealkylation sites (N-methyl/N-ethyl adjacent to an activating group) is 1. The third-order valence-electron chi connectivity index (χ3n) is 5.30. The Kier molecular flexibility index (Phi) is 6.37. The zero-order chi connectivity index (χ0) is 20.1. The minimum absolute atomic E-state index is 0.0862. The molecule has 1 heterocycles. The Hall–Kier alpha value is -2.79. The number of carbonyl (C=O) groups excluding carboxylic acids is 1. The number of benzene rings is 2. The van der Waals surface area contributed by atoms with Crippen LogP contribution in [0, 0.1) is 0 Å². The highest BCUT2D eigenvalue weighted by molar-refractivity contribution is 5.84. The summed E-state index contributed by atoms with van der Waals surface area (Å²) in [7, 11) is 4.10. The number of carbonyl (C=O) groups is 1. The maximum Gasteiger partial charge on any atom is 0.277 e. The van der Waals surface area contributed by atoms with Gasteiger partial charge in [0, 0.05) is 43.4 Å². The summed E-state index contributed by atoms with van der Waals surface area (Å²) < 4.78 is 0. The van der Waals surface area contributed by atoms with Gasteiger partial charge in [-0.1, -0.05) is 30.3 Å². The summed E-state index contributed by atoms with van der Waals surface area (Å²) in [5, 5.41) is 6.29. The molecular formula is C23H31N4O+. The number of fused-ring (bicyclic) bond motifs is 1. The largest absolute Gasteiger partial charge is 0.378 e. The number of nitrogens with one attached hydrogen (secondary N) is 2. The van der Waals surface area contributed by atoms with Crippen LogP contribution < -0.4 is 15.5 Å². The van der Waals surface area contributed by atoms with Crippen LogP contribution in [0.25, 0.3) is 10.9 Å². The molecule has 0 radical (unpaired) electrons. The number of aromatic nitrogens is 1. The summed E-state index contributed by atoms with van der Waals surface area (Å²) >= 11 is 0. The molecule has 0 spiro atoms. The van der Waals surface area contributed by atoms with Gasteiger partial charge in [-0.2, -0.15) is 0 Å². The molecule has 3 aromatic rings. The lowest BCUT2D eigenvalue weighted by Gasteiger charge is -2.20. The number of para-hydroxylation sites is 1. The highest BCUT2D eigenvalue weighted by Gasteiger charge is 2.23. The molecule has 2 atom stereocenters. The van der Waals surface area contributed by atoms with Crippen molar-refractivity contribution in [2.45, 2.75) is 25.8 Å². The van der Waals surface area contributed by atoms with E-state index in [4.69, 9.17) is 0 Å². The highest BCUT2D eigenvalue weighted by atomic mass is 16.2. The second-order valence-electron chi connectivity index (χ2n) is 7.48. The third kappa shape index (κ3) is 4.37. The molecule has 0 aliphatic rings. The number of hydrogen-bond acceptors (Lipinski definition) is 2. The first-order valence-corrected chi connectivity index (χ1v) is 9.95. The van der Waals surface area contributed by atoms with Gasteiger partial charge in [0.05, 0.1) is 12.5 Å². The van der Waals surface area contributed by atoms with E-state index in [1.165, 1.54) is 22.2 Å². The maximum absolute atomic E-state index is 12.2.